The minimum atomic E-state index is -0.259. The highest BCUT2D eigenvalue weighted by atomic mass is 16.2. The molecule has 0 aliphatic heterocycles. The maximum atomic E-state index is 13.1. The normalized spacial score (nSPS) is 11.8. The second-order valence-electron chi connectivity index (χ2n) is 9.34. The smallest absolute Gasteiger partial charge is 0.255 e. The summed E-state index contributed by atoms with van der Waals surface area (Å²) in [4.78, 5) is 25.5. The first-order valence-electron chi connectivity index (χ1n) is 9.98. The van der Waals surface area contributed by atoms with Crippen LogP contribution in [0.5, 0.6) is 0 Å². The molecule has 5 nitrogen and oxygen atoms in total. The van der Waals surface area contributed by atoms with Crippen LogP contribution in [0.4, 0.5) is 5.69 Å². The van der Waals surface area contributed by atoms with E-state index in [-0.39, 0.29) is 22.6 Å². The van der Waals surface area contributed by atoms with E-state index in [1.807, 2.05) is 12.1 Å². The molecule has 0 bridgehead atoms. The van der Waals surface area contributed by atoms with Gasteiger partial charge in [-0.3, -0.25) is 9.59 Å². The predicted molar refractivity (Wildman–Crippen MR) is 120 cm³/mol. The van der Waals surface area contributed by atoms with Gasteiger partial charge >= 0.3 is 0 Å². The number of hydrogen-bond acceptors (Lipinski definition) is 3. The molecular formula is C24H33N3O2. The van der Waals surface area contributed by atoms with E-state index in [0.717, 1.165) is 11.1 Å². The minimum absolute atomic E-state index is 0.0870. The number of carbonyl (C=O) groups excluding carboxylic acids is 2. The highest BCUT2D eigenvalue weighted by Gasteiger charge is 2.23. The molecule has 0 unspecified atom stereocenters. The van der Waals surface area contributed by atoms with Crippen molar-refractivity contribution in [1.82, 2.24) is 5.32 Å². The van der Waals surface area contributed by atoms with Gasteiger partial charge in [0.1, 0.15) is 0 Å². The molecule has 2 aromatic rings. The van der Waals surface area contributed by atoms with Crippen LogP contribution in [0, 0.1) is 0 Å². The Morgan fingerprint density at radius 3 is 1.93 bits per heavy atom. The minimum Gasteiger partial charge on any atom is -0.351 e. The molecule has 0 heterocycles. The van der Waals surface area contributed by atoms with Gasteiger partial charge in [0.2, 0.25) is 0 Å². The van der Waals surface area contributed by atoms with Crippen LogP contribution in [0.2, 0.25) is 0 Å². The Morgan fingerprint density at radius 1 is 0.862 bits per heavy atom. The van der Waals surface area contributed by atoms with Crippen LogP contribution in [0.25, 0.3) is 0 Å². The molecule has 29 heavy (non-hydrogen) atoms. The summed E-state index contributed by atoms with van der Waals surface area (Å²) in [5, 5.41) is 5.66. The summed E-state index contributed by atoms with van der Waals surface area (Å²) in [7, 11) is 0. The number of amides is 2. The molecule has 0 spiro atoms. The van der Waals surface area contributed by atoms with Crippen LogP contribution in [-0.2, 0) is 10.8 Å². The molecule has 156 valence electrons. The monoisotopic (exact) mass is 395 g/mol. The molecule has 0 aliphatic rings. The number of carbonyl (C=O) groups is 2. The van der Waals surface area contributed by atoms with E-state index in [4.69, 9.17) is 5.73 Å². The molecule has 0 atom stereocenters. The molecule has 0 fully saturated rings. The molecule has 5 heteroatoms. The van der Waals surface area contributed by atoms with E-state index in [2.05, 4.69) is 58.2 Å². The van der Waals surface area contributed by atoms with Gasteiger partial charge in [0, 0.05) is 18.7 Å². The zero-order valence-electron chi connectivity index (χ0n) is 18.3. The van der Waals surface area contributed by atoms with Crippen molar-refractivity contribution in [3.63, 3.8) is 0 Å². The van der Waals surface area contributed by atoms with Crippen LogP contribution in [0.1, 0.15) is 73.4 Å². The molecule has 0 aromatic heterocycles. The molecule has 2 amide bonds. The lowest BCUT2D eigenvalue weighted by Crippen LogP contribution is -2.30. The maximum Gasteiger partial charge on any atom is 0.255 e. The molecule has 0 radical (unpaired) electrons. The van der Waals surface area contributed by atoms with Crippen molar-refractivity contribution in [2.75, 3.05) is 18.4 Å². The second-order valence-corrected chi connectivity index (χ2v) is 9.34. The maximum absolute atomic E-state index is 13.1. The average Bonchev–Trinajstić information content (AvgIpc) is 2.64. The topological polar surface area (TPSA) is 84.2 Å². The van der Waals surface area contributed by atoms with E-state index in [0.29, 0.717) is 29.9 Å². The molecular weight excluding hydrogens is 362 g/mol. The number of benzene rings is 2. The molecule has 0 saturated carbocycles. The number of anilines is 1. The number of nitrogens with two attached hydrogens (primary N) is 1. The number of nitrogens with one attached hydrogen (secondary N) is 2. The summed E-state index contributed by atoms with van der Waals surface area (Å²) in [6, 6.07) is 13.0. The Kier molecular flexibility index (Phi) is 6.85. The van der Waals surface area contributed by atoms with Crippen molar-refractivity contribution in [2.24, 2.45) is 5.73 Å². The van der Waals surface area contributed by atoms with Crippen molar-refractivity contribution in [3.05, 3.63) is 64.7 Å². The third-order valence-corrected chi connectivity index (χ3v) is 4.78. The Morgan fingerprint density at radius 2 is 1.41 bits per heavy atom. The van der Waals surface area contributed by atoms with Crippen molar-refractivity contribution < 1.29 is 9.59 Å². The summed E-state index contributed by atoms with van der Waals surface area (Å²) in [6.07, 6.45) is 0. The lowest BCUT2D eigenvalue weighted by Gasteiger charge is -2.26. The Balaban J connectivity index is 2.40. The first-order chi connectivity index (χ1) is 13.4. The summed E-state index contributed by atoms with van der Waals surface area (Å²) >= 11 is 0. The van der Waals surface area contributed by atoms with Gasteiger partial charge in [-0.25, -0.2) is 0 Å². The lowest BCUT2D eigenvalue weighted by atomic mass is 9.79. The first kappa shape index (κ1) is 22.6. The number of hydrogen-bond donors (Lipinski definition) is 3. The van der Waals surface area contributed by atoms with E-state index in [1.54, 1.807) is 24.3 Å². The fourth-order valence-electron chi connectivity index (χ4n) is 2.89. The van der Waals surface area contributed by atoms with Gasteiger partial charge in [0.05, 0.1) is 11.3 Å². The zero-order chi connectivity index (χ0) is 21.8. The molecule has 0 saturated heterocycles. The van der Waals surface area contributed by atoms with E-state index in [1.165, 1.54) is 0 Å². The van der Waals surface area contributed by atoms with Crippen LogP contribution in [0.15, 0.2) is 42.5 Å². The Labute approximate surface area is 174 Å². The van der Waals surface area contributed by atoms with Crippen LogP contribution >= 0.6 is 0 Å². The molecule has 2 rings (SSSR count). The fraction of sp³-hybridized carbons (Fsp3) is 0.417. The fourth-order valence-corrected chi connectivity index (χ4v) is 2.89. The quantitative estimate of drug-likeness (QED) is 0.708. The van der Waals surface area contributed by atoms with Gasteiger partial charge in [0.25, 0.3) is 11.8 Å². The number of rotatable bonds is 5. The van der Waals surface area contributed by atoms with E-state index >= 15 is 0 Å². The van der Waals surface area contributed by atoms with Crippen molar-refractivity contribution in [2.45, 2.75) is 52.4 Å². The zero-order valence-corrected chi connectivity index (χ0v) is 18.3. The molecule has 4 N–H and O–H groups in total. The number of para-hydroxylation sites is 1. The van der Waals surface area contributed by atoms with Crippen molar-refractivity contribution in [3.8, 4) is 0 Å². The Bertz CT molecular complexity index is 857. The largest absolute Gasteiger partial charge is 0.351 e. The van der Waals surface area contributed by atoms with Gasteiger partial charge in [-0.05, 0) is 46.2 Å². The Hall–Kier alpha value is -2.66. The van der Waals surface area contributed by atoms with E-state index < -0.39 is 0 Å². The molecule has 0 aliphatic carbocycles. The third kappa shape index (κ3) is 5.91. The van der Waals surface area contributed by atoms with Gasteiger partial charge in [-0.2, -0.15) is 0 Å². The van der Waals surface area contributed by atoms with Gasteiger partial charge in [0.15, 0.2) is 0 Å². The predicted octanol–water partition coefficient (Wildman–Crippen LogP) is 4.22. The SMILES string of the molecule is CC(C)(C)c1cc(C(=O)Nc2ccccc2C(=O)NCCN)cc(C(C)(C)C)c1. The van der Waals surface area contributed by atoms with Gasteiger partial charge in [-0.15, -0.1) is 0 Å². The van der Waals surface area contributed by atoms with Gasteiger partial charge in [-0.1, -0.05) is 59.7 Å². The summed E-state index contributed by atoms with van der Waals surface area (Å²) in [6.45, 7) is 13.5. The highest BCUT2D eigenvalue weighted by molar-refractivity contribution is 6.09. The van der Waals surface area contributed by atoms with Gasteiger partial charge < -0.3 is 16.4 Å². The van der Waals surface area contributed by atoms with Crippen LogP contribution < -0.4 is 16.4 Å². The van der Waals surface area contributed by atoms with Crippen molar-refractivity contribution in [1.29, 1.82) is 0 Å². The standard InChI is InChI=1S/C24H33N3O2/c1-23(2,3)17-13-16(14-18(15-17)24(4,5)6)21(28)27-20-10-8-7-9-19(20)22(29)26-12-11-25/h7-10,13-15H,11-12,25H2,1-6H3,(H,26,29)(H,27,28). The van der Waals surface area contributed by atoms with Crippen molar-refractivity contribution >= 4 is 17.5 Å². The van der Waals surface area contributed by atoms with Crippen LogP contribution in [-0.4, -0.2) is 24.9 Å². The molecule has 2 aromatic carbocycles. The first-order valence-corrected chi connectivity index (χ1v) is 9.98. The summed E-state index contributed by atoms with van der Waals surface area (Å²) in [5.41, 5.74) is 8.97. The summed E-state index contributed by atoms with van der Waals surface area (Å²) in [5.74, 6) is -0.495. The third-order valence-electron chi connectivity index (χ3n) is 4.78. The van der Waals surface area contributed by atoms with E-state index in [9.17, 15) is 9.59 Å². The average molecular weight is 396 g/mol. The summed E-state index contributed by atoms with van der Waals surface area (Å²) < 4.78 is 0. The second kappa shape index (κ2) is 8.78. The lowest BCUT2D eigenvalue weighted by molar-refractivity contribution is 0.0955. The highest BCUT2D eigenvalue weighted by Crippen LogP contribution is 2.30. The van der Waals surface area contributed by atoms with Crippen LogP contribution in [0.3, 0.4) is 0 Å².